The molecule has 0 fully saturated rings. The monoisotopic (exact) mass is 400 g/mol. The lowest BCUT2D eigenvalue weighted by Gasteiger charge is -2.12. The Morgan fingerprint density at radius 3 is 2.69 bits per heavy atom. The minimum atomic E-state index is -0.874. The molecule has 1 unspecified atom stereocenters. The number of nitrogens with zero attached hydrogens (tertiary/aromatic N) is 1. The Morgan fingerprint density at radius 1 is 1.21 bits per heavy atom. The van der Waals surface area contributed by atoms with Gasteiger partial charge < -0.3 is 14.8 Å². The molecule has 0 saturated heterocycles. The predicted molar refractivity (Wildman–Crippen MR) is 105 cm³/mol. The Labute approximate surface area is 168 Å². The van der Waals surface area contributed by atoms with Gasteiger partial charge in [0.15, 0.2) is 29.7 Å². The molecule has 0 spiro atoms. The van der Waals surface area contributed by atoms with E-state index in [9.17, 15) is 13.6 Å². The van der Waals surface area contributed by atoms with Gasteiger partial charge in [-0.25, -0.2) is 8.78 Å². The number of carbonyl (C=O) groups is 1. The zero-order valence-electron chi connectivity index (χ0n) is 16.2. The Morgan fingerprint density at radius 2 is 2.00 bits per heavy atom. The molecule has 0 saturated carbocycles. The predicted octanol–water partition coefficient (Wildman–Crippen LogP) is 4.03. The average Bonchev–Trinajstić information content (AvgIpc) is 2.71. The van der Waals surface area contributed by atoms with Gasteiger partial charge in [0.1, 0.15) is 6.07 Å². The molecule has 29 heavy (non-hydrogen) atoms. The number of carbonyl (C=O) groups excluding carboxylic acids is 1. The number of benzene rings is 2. The van der Waals surface area contributed by atoms with Crippen molar-refractivity contribution in [2.45, 2.75) is 25.8 Å². The fraction of sp³-hybridized carbons (Fsp3) is 0.273. The van der Waals surface area contributed by atoms with E-state index in [1.807, 2.05) is 13.0 Å². The van der Waals surface area contributed by atoms with Crippen LogP contribution in [0.5, 0.6) is 11.5 Å². The van der Waals surface area contributed by atoms with E-state index in [1.54, 1.807) is 24.3 Å². The summed E-state index contributed by atoms with van der Waals surface area (Å²) < 4.78 is 36.7. The number of aryl methyl sites for hydroxylation is 1. The van der Waals surface area contributed by atoms with Gasteiger partial charge in [0.2, 0.25) is 5.91 Å². The molecule has 1 amide bonds. The van der Waals surface area contributed by atoms with E-state index in [0.29, 0.717) is 29.9 Å². The first-order valence-electron chi connectivity index (χ1n) is 9.03. The molecule has 2 aromatic carbocycles. The number of hydrogen-bond acceptors (Lipinski definition) is 4. The first-order chi connectivity index (χ1) is 13.9. The number of hydrogen-bond donors (Lipinski definition) is 1. The van der Waals surface area contributed by atoms with Crippen LogP contribution in [0.25, 0.3) is 6.08 Å². The summed E-state index contributed by atoms with van der Waals surface area (Å²) in [4.78, 5) is 12.1. The van der Waals surface area contributed by atoms with Gasteiger partial charge in [-0.3, -0.25) is 4.79 Å². The summed E-state index contributed by atoms with van der Waals surface area (Å²) in [6, 6.07) is 10.6. The van der Waals surface area contributed by atoms with Crippen molar-refractivity contribution in [1.29, 1.82) is 5.26 Å². The molecule has 0 bridgehead atoms. The van der Waals surface area contributed by atoms with E-state index in [2.05, 4.69) is 5.32 Å². The minimum Gasteiger partial charge on any atom is -0.493 e. The van der Waals surface area contributed by atoms with E-state index in [1.165, 1.54) is 25.3 Å². The fourth-order valence-electron chi connectivity index (χ4n) is 2.63. The number of rotatable bonds is 9. The van der Waals surface area contributed by atoms with E-state index in [0.717, 1.165) is 11.6 Å². The number of ether oxygens (including phenoxy) is 2. The number of methoxy groups -OCH3 is 1. The van der Waals surface area contributed by atoms with Gasteiger partial charge >= 0.3 is 0 Å². The maximum atomic E-state index is 13.2. The van der Waals surface area contributed by atoms with Crippen molar-refractivity contribution in [3.05, 3.63) is 65.2 Å². The van der Waals surface area contributed by atoms with Gasteiger partial charge in [0, 0.05) is 12.1 Å². The largest absolute Gasteiger partial charge is 0.493 e. The molecule has 0 heterocycles. The van der Waals surface area contributed by atoms with Crippen LogP contribution in [-0.2, 0) is 11.2 Å². The molecule has 2 rings (SSSR count). The number of halogens is 2. The quantitative estimate of drug-likeness (QED) is 0.645. The molecule has 152 valence electrons. The normalized spacial score (nSPS) is 11.7. The summed E-state index contributed by atoms with van der Waals surface area (Å²) in [7, 11) is 1.49. The molecular formula is C22H22F2N2O3. The Bertz CT molecular complexity index is 923. The van der Waals surface area contributed by atoms with Crippen LogP contribution < -0.4 is 14.8 Å². The molecule has 0 aromatic heterocycles. The van der Waals surface area contributed by atoms with E-state index >= 15 is 0 Å². The summed E-state index contributed by atoms with van der Waals surface area (Å²) in [5.74, 6) is -1.11. The zero-order valence-corrected chi connectivity index (χ0v) is 16.2. The van der Waals surface area contributed by atoms with Crippen molar-refractivity contribution in [3.8, 4) is 17.6 Å². The smallest absolute Gasteiger partial charge is 0.244 e. The molecule has 0 aliphatic heterocycles. The highest BCUT2D eigenvalue weighted by molar-refractivity contribution is 5.92. The van der Waals surface area contributed by atoms with Gasteiger partial charge in [-0.2, -0.15) is 5.26 Å². The number of nitriles is 1. The van der Waals surface area contributed by atoms with Crippen LogP contribution in [0.2, 0.25) is 0 Å². The molecule has 7 heteroatoms. The summed E-state index contributed by atoms with van der Waals surface area (Å²) in [6.45, 7) is 1.76. The lowest BCUT2D eigenvalue weighted by Crippen LogP contribution is -2.31. The second-order valence-corrected chi connectivity index (χ2v) is 6.39. The van der Waals surface area contributed by atoms with Crippen LogP contribution in [0.1, 0.15) is 24.5 Å². The van der Waals surface area contributed by atoms with Gasteiger partial charge in [-0.05, 0) is 61.2 Å². The van der Waals surface area contributed by atoms with Crippen LogP contribution in [-0.4, -0.2) is 25.7 Å². The fourth-order valence-corrected chi connectivity index (χ4v) is 2.63. The standard InChI is InChI=1S/C22H22F2N2O3/c1-15(3-4-16-5-8-18(23)19(24)13-16)26-22(27)10-7-17-6-9-20(29-12-11-25)21(14-17)28-2/h5-10,13-15H,3-4,12H2,1-2H3,(H,26,27)/b10-7+. The summed E-state index contributed by atoms with van der Waals surface area (Å²) in [5, 5.41) is 11.4. The van der Waals surface area contributed by atoms with Crippen molar-refractivity contribution >= 4 is 12.0 Å². The highest BCUT2D eigenvalue weighted by atomic mass is 19.2. The second-order valence-electron chi connectivity index (χ2n) is 6.39. The molecule has 2 aromatic rings. The first-order valence-corrected chi connectivity index (χ1v) is 9.03. The lowest BCUT2D eigenvalue weighted by molar-refractivity contribution is -0.117. The van der Waals surface area contributed by atoms with Crippen LogP contribution in [0.4, 0.5) is 8.78 Å². The number of amides is 1. The summed E-state index contributed by atoms with van der Waals surface area (Å²) >= 11 is 0. The van der Waals surface area contributed by atoms with Crippen LogP contribution >= 0.6 is 0 Å². The SMILES string of the molecule is COc1cc(/C=C/C(=O)NC(C)CCc2ccc(F)c(F)c2)ccc1OCC#N. The maximum Gasteiger partial charge on any atom is 0.244 e. The highest BCUT2D eigenvalue weighted by Gasteiger charge is 2.08. The maximum absolute atomic E-state index is 13.2. The summed E-state index contributed by atoms with van der Waals surface area (Å²) in [6.07, 6.45) is 4.14. The van der Waals surface area contributed by atoms with Gasteiger partial charge in [-0.1, -0.05) is 12.1 Å². The molecule has 1 atom stereocenters. The van der Waals surface area contributed by atoms with Crippen molar-refractivity contribution in [3.63, 3.8) is 0 Å². The molecule has 0 radical (unpaired) electrons. The van der Waals surface area contributed by atoms with E-state index in [4.69, 9.17) is 14.7 Å². The topological polar surface area (TPSA) is 71.3 Å². The molecule has 1 N–H and O–H groups in total. The first kappa shape index (κ1) is 21.9. The molecule has 5 nitrogen and oxygen atoms in total. The zero-order chi connectivity index (χ0) is 21.2. The van der Waals surface area contributed by atoms with Crippen LogP contribution in [0.3, 0.4) is 0 Å². The van der Waals surface area contributed by atoms with Crippen LogP contribution in [0.15, 0.2) is 42.5 Å². The van der Waals surface area contributed by atoms with Crippen LogP contribution in [0, 0.1) is 23.0 Å². The number of nitrogens with one attached hydrogen (secondary N) is 1. The van der Waals surface area contributed by atoms with Crippen molar-refractivity contribution in [2.24, 2.45) is 0 Å². The average molecular weight is 400 g/mol. The summed E-state index contributed by atoms with van der Waals surface area (Å²) in [5.41, 5.74) is 1.40. The third-order valence-electron chi connectivity index (χ3n) is 4.15. The molecular weight excluding hydrogens is 378 g/mol. The minimum absolute atomic E-state index is 0.0869. The Hall–Kier alpha value is -3.40. The molecule has 0 aliphatic rings. The second kappa shape index (κ2) is 10.8. The third-order valence-corrected chi connectivity index (χ3v) is 4.15. The van der Waals surface area contributed by atoms with Gasteiger partial charge in [0.05, 0.1) is 7.11 Å². The highest BCUT2D eigenvalue weighted by Crippen LogP contribution is 2.28. The van der Waals surface area contributed by atoms with E-state index in [-0.39, 0.29) is 18.6 Å². The Balaban J connectivity index is 1.88. The van der Waals surface area contributed by atoms with Gasteiger partial charge in [0.25, 0.3) is 0 Å². The van der Waals surface area contributed by atoms with Crippen molar-refractivity contribution in [1.82, 2.24) is 5.32 Å². The molecule has 0 aliphatic carbocycles. The Kier molecular flexibility index (Phi) is 8.16. The lowest BCUT2D eigenvalue weighted by atomic mass is 10.1. The third kappa shape index (κ3) is 6.92. The van der Waals surface area contributed by atoms with Crippen molar-refractivity contribution in [2.75, 3.05) is 13.7 Å². The van der Waals surface area contributed by atoms with Crippen molar-refractivity contribution < 1.29 is 23.0 Å². The van der Waals surface area contributed by atoms with Gasteiger partial charge in [-0.15, -0.1) is 0 Å². The van der Waals surface area contributed by atoms with E-state index < -0.39 is 11.6 Å².